The highest BCUT2D eigenvalue weighted by molar-refractivity contribution is 9.10. The van der Waals surface area contributed by atoms with Crippen LogP contribution in [0.1, 0.15) is 43.9 Å². The average molecular weight is 334 g/mol. The molecule has 0 aliphatic carbocycles. The highest BCUT2D eigenvalue weighted by atomic mass is 79.9. The van der Waals surface area contributed by atoms with Crippen molar-refractivity contribution >= 4 is 33.8 Å². The summed E-state index contributed by atoms with van der Waals surface area (Å²) in [5.41, 5.74) is 3.61. The maximum Gasteiger partial charge on any atom is 0.325 e. The van der Waals surface area contributed by atoms with E-state index in [9.17, 15) is 4.79 Å². The van der Waals surface area contributed by atoms with Crippen LogP contribution in [-0.4, -0.2) is 5.97 Å². The fourth-order valence-corrected chi connectivity index (χ4v) is 2.72. The normalized spacial score (nSPS) is 11.4. The molecule has 0 unspecified atom stereocenters. The SMILES string of the molecule is Cc1cc(CCC(=O)OCl)cc(C(C)(C)C)c1Br. The van der Waals surface area contributed by atoms with E-state index in [1.807, 2.05) is 0 Å². The number of benzene rings is 1. The molecule has 0 bridgehead atoms. The van der Waals surface area contributed by atoms with Gasteiger partial charge in [0, 0.05) is 4.47 Å². The summed E-state index contributed by atoms with van der Waals surface area (Å²) in [4.78, 5) is 11.1. The van der Waals surface area contributed by atoms with Gasteiger partial charge in [0.05, 0.1) is 6.42 Å². The van der Waals surface area contributed by atoms with Crippen LogP contribution in [0.15, 0.2) is 16.6 Å². The zero-order valence-corrected chi connectivity index (χ0v) is 13.5. The fraction of sp³-hybridized carbons (Fsp3) is 0.500. The molecule has 0 radical (unpaired) electrons. The molecule has 1 aromatic carbocycles. The predicted octanol–water partition coefficient (Wildman–Crippen LogP) is 4.68. The van der Waals surface area contributed by atoms with Crippen molar-refractivity contribution < 1.29 is 9.08 Å². The van der Waals surface area contributed by atoms with Gasteiger partial charge >= 0.3 is 5.97 Å². The molecule has 0 saturated carbocycles. The number of halogens is 2. The molecule has 0 aliphatic heterocycles. The van der Waals surface area contributed by atoms with Gasteiger partial charge in [0.25, 0.3) is 0 Å². The van der Waals surface area contributed by atoms with Gasteiger partial charge < -0.3 is 4.29 Å². The van der Waals surface area contributed by atoms with Gasteiger partial charge in [-0.25, -0.2) is 0 Å². The van der Waals surface area contributed by atoms with Crippen molar-refractivity contribution in [3.05, 3.63) is 33.3 Å². The minimum Gasteiger partial charge on any atom is -0.348 e. The largest absolute Gasteiger partial charge is 0.348 e. The quantitative estimate of drug-likeness (QED) is 0.802. The van der Waals surface area contributed by atoms with Crippen molar-refractivity contribution in [2.24, 2.45) is 0 Å². The lowest BCUT2D eigenvalue weighted by molar-refractivity contribution is -0.133. The monoisotopic (exact) mass is 332 g/mol. The Morgan fingerprint density at radius 1 is 1.39 bits per heavy atom. The number of carbonyl (C=O) groups is 1. The summed E-state index contributed by atoms with van der Waals surface area (Å²) in [6, 6.07) is 4.22. The van der Waals surface area contributed by atoms with E-state index in [0.29, 0.717) is 12.8 Å². The Morgan fingerprint density at radius 2 is 2.00 bits per heavy atom. The molecule has 0 N–H and O–H groups in total. The maximum absolute atomic E-state index is 11.1. The molecule has 0 amide bonds. The molecule has 1 aromatic rings. The topological polar surface area (TPSA) is 26.3 Å². The van der Waals surface area contributed by atoms with Crippen molar-refractivity contribution in [1.29, 1.82) is 0 Å². The van der Waals surface area contributed by atoms with Crippen LogP contribution in [0.25, 0.3) is 0 Å². The van der Waals surface area contributed by atoms with Gasteiger partial charge in [-0.2, -0.15) is 0 Å². The standard InChI is InChI=1S/C14H18BrClO2/c1-9-7-10(5-6-12(17)18-16)8-11(13(9)15)14(2,3)4/h7-8H,5-6H2,1-4H3. The van der Waals surface area contributed by atoms with Gasteiger partial charge in [-0.15, -0.1) is 0 Å². The Hall–Kier alpha value is -0.540. The zero-order valence-electron chi connectivity index (χ0n) is 11.1. The maximum atomic E-state index is 11.1. The Balaban J connectivity index is 3.02. The van der Waals surface area contributed by atoms with E-state index in [4.69, 9.17) is 11.9 Å². The number of carbonyl (C=O) groups excluding carboxylic acids is 1. The second-order valence-electron chi connectivity index (χ2n) is 5.47. The summed E-state index contributed by atoms with van der Waals surface area (Å²) in [5.74, 6) is -0.394. The number of aryl methyl sites for hydroxylation is 2. The van der Waals surface area contributed by atoms with Crippen molar-refractivity contribution in [3.63, 3.8) is 0 Å². The lowest BCUT2D eigenvalue weighted by Gasteiger charge is -2.23. The van der Waals surface area contributed by atoms with Gasteiger partial charge in [-0.05, 0) is 35.4 Å². The average Bonchev–Trinajstić information content (AvgIpc) is 2.28. The summed E-state index contributed by atoms with van der Waals surface area (Å²) >= 11 is 8.65. The van der Waals surface area contributed by atoms with Crippen LogP contribution in [0.4, 0.5) is 0 Å². The molecule has 0 heterocycles. The van der Waals surface area contributed by atoms with Gasteiger partial charge in [-0.1, -0.05) is 48.8 Å². The third-order valence-corrected chi connectivity index (χ3v) is 4.05. The first-order valence-electron chi connectivity index (χ1n) is 5.86. The molecule has 100 valence electrons. The van der Waals surface area contributed by atoms with Crippen LogP contribution in [0.3, 0.4) is 0 Å². The highest BCUT2D eigenvalue weighted by Crippen LogP contribution is 2.33. The number of hydrogen-bond donors (Lipinski definition) is 0. The van der Waals surface area contributed by atoms with Crippen molar-refractivity contribution in [3.8, 4) is 0 Å². The minimum atomic E-state index is -0.394. The third kappa shape index (κ3) is 3.99. The number of rotatable bonds is 3. The number of hydrogen-bond acceptors (Lipinski definition) is 2. The van der Waals surface area contributed by atoms with Crippen LogP contribution in [0.2, 0.25) is 0 Å². The van der Waals surface area contributed by atoms with Crippen LogP contribution in [0, 0.1) is 6.92 Å². The van der Waals surface area contributed by atoms with E-state index >= 15 is 0 Å². The van der Waals surface area contributed by atoms with Crippen LogP contribution in [0.5, 0.6) is 0 Å². The van der Waals surface area contributed by atoms with E-state index in [-0.39, 0.29) is 5.41 Å². The van der Waals surface area contributed by atoms with Gasteiger partial charge in [-0.3, -0.25) is 4.79 Å². The smallest absolute Gasteiger partial charge is 0.325 e. The van der Waals surface area contributed by atoms with E-state index < -0.39 is 5.97 Å². The summed E-state index contributed by atoms with van der Waals surface area (Å²) < 4.78 is 5.29. The van der Waals surface area contributed by atoms with Crippen LogP contribution >= 0.6 is 27.8 Å². The second-order valence-corrected chi connectivity index (χ2v) is 6.42. The van der Waals surface area contributed by atoms with Crippen LogP contribution in [-0.2, 0) is 20.9 Å². The van der Waals surface area contributed by atoms with Crippen molar-refractivity contribution in [1.82, 2.24) is 0 Å². The van der Waals surface area contributed by atoms with E-state index in [2.05, 4.69) is 60.0 Å². The molecular formula is C14H18BrClO2. The van der Waals surface area contributed by atoms with Crippen LogP contribution < -0.4 is 0 Å². The fourth-order valence-electron chi connectivity index (χ4n) is 1.82. The Kier molecular flexibility index (Phi) is 5.23. The molecule has 0 spiro atoms. The van der Waals surface area contributed by atoms with Gasteiger partial charge in [0.2, 0.25) is 0 Å². The molecule has 0 aliphatic rings. The third-order valence-electron chi connectivity index (χ3n) is 2.83. The first-order chi connectivity index (χ1) is 8.25. The molecule has 0 atom stereocenters. The highest BCUT2D eigenvalue weighted by Gasteiger charge is 2.19. The summed E-state index contributed by atoms with van der Waals surface area (Å²) in [7, 11) is 0. The molecule has 0 aromatic heterocycles. The Morgan fingerprint density at radius 3 is 2.50 bits per heavy atom. The molecular weight excluding hydrogens is 316 g/mol. The summed E-state index contributed by atoms with van der Waals surface area (Å²) in [5, 5.41) is 0. The van der Waals surface area contributed by atoms with Crippen molar-refractivity contribution in [2.75, 3.05) is 0 Å². The van der Waals surface area contributed by atoms with Gasteiger partial charge in [0.15, 0.2) is 0 Å². The molecule has 18 heavy (non-hydrogen) atoms. The molecule has 2 nitrogen and oxygen atoms in total. The van der Waals surface area contributed by atoms with E-state index in [0.717, 1.165) is 10.0 Å². The first kappa shape index (κ1) is 15.5. The lowest BCUT2D eigenvalue weighted by Crippen LogP contribution is -2.13. The lowest BCUT2D eigenvalue weighted by atomic mass is 9.84. The van der Waals surface area contributed by atoms with E-state index in [1.54, 1.807) is 0 Å². The molecule has 1 rings (SSSR count). The Labute approximate surface area is 122 Å². The second kappa shape index (κ2) is 6.07. The Bertz CT molecular complexity index is 450. The molecule has 4 heteroatoms. The molecule has 0 fully saturated rings. The first-order valence-corrected chi connectivity index (χ1v) is 6.96. The molecule has 0 saturated heterocycles. The van der Waals surface area contributed by atoms with Gasteiger partial charge in [0.1, 0.15) is 11.9 Å². The minimum absolute atomic E-state index is 0.0621. The summed E-state index contributed by atoms with van der Waals surface area (Å²) in [6.45, 7) is 8.57. The summed E-state index contributed by atoms with van der Waals surface area (Å²) in [6.07, 6.45) is 0.941. The van der Waals surface area contributed by atoms with E-state index in [1.165, 1.54) is 11.1 Å². The predicted molar refractivity (Wildman–Crippen MR) is 77.8 cm³/mol. The van der Waals surface area contributed by atoms with Crippen molar-refractivity contribution in [2.45, 2.75) is 46.0 Å². The zero-order chi connectivity index (χ0) is 13.9.